The van der Waals surface area contributed by atoms with E-state index in [-0.39, 0.29) is 0 Å². The van der Waals surface area contributed by atoms with E-state index in [2.05, 4.69) is 10.3 Å². The number of aliphatic carboxylic acids is 1. The second kappa shape index (κ2) is 5.16. The highest BCUT2D eigenvalue weighted by Gasteiger charge is 2.37. The van der Waals surface area contributed by atoms with Crippen LogP contribution in [0, 0.1) is 0 Å². The van der Waals surface area contributed by atoms with Crippen LogP contribution in [-0.4, -0.2) is 26.5 Å². The Labute approximate surface area is 116 Å². The second-order valence-corrected chi connectivity index (χ2v) is 4.64. The summed E-state index contributed by atoms with van der Waals surface area (Å²) in [7, 11) is 1.67. The highest BCUT2D eigenvalue weighted by Crippen LogP contribution is 2.21. The van der Waals surface area contributed by atoms with Gasteiger partial charge >= 0.3 is 5.97 Å². The number of aryl methyl sites for hydroxylation is 1. The van der Waals surface area contributed by atoms with Crippen molar-refractivity contribution in [3.63, 3.8) is 0 Å². The first-order chi connectivity index (χ1) is 9.45. The Morgan fingerprint density at radius 2 is 1.95 bits per heavy atom. The Balaban J connectivity index is 2.34. The van der Waals surface area contributed by atoms with Crippen molar-refractivity contribution in [2.75, 3.05) is 0 Å². The Hall–Kier alpha value is -2.63. The Kier molecular flexibility index (Phi) is 3.56. The van der Waals surface area contributed by atoms with Gasteiger partial charge in [0.15, 0.2) is 5.54 Å². The fraction of sp³-hybridized carbons (Fsp3) is 0.214. The number of carboxylic acids is 1. The Bertz CT molecular complexity index is 636. The van der Waals surface area contributed by atoms with E-state index in [1.54, 1.807) is 37.4 Å². The Morgan fingerprint density at radius 3 is 2.45 bits per heavy atom. The van der Waals surface area contributed by atoms with E-state index < -0.39 is 17.4 Å². The third-order valence-electron chi connectivity index (χ3n) is 3.19. The molecule has 2 aromatic rings. The lowest BCUT2D eigenvalue weighted by Crippen LogP contribution is -2.49. The van der Waals surface area contributed by atoms with Crippen LogP contribution in [0.1, 0.15) is 23.0 Å². The quantitative estimate of drug-likeness (QED) is 0.875. The van der Waals surface area contributed by atoms with E-state index in [9.17, 15) is 14.7 Å². The van der Waals surface area contributed by atoms with Crippen LogP contribution in [0.5, 0.6) is 0 Å². The van der Waals surface area contributed by atoms with Gasteiger partial charge in [-0.1, -0.05) is 30.3 Å². The number of aromatic nitrogens is 2. The van der Waals surface area contributed by atoms with E-state index in [1.165, 1.54) is 24.0 Å². The van der Waals surface area contributed by atoms with Crippen LogP contribution < -0.4 is 5.32 Å². The van der Waals surface area contributed by atoms with E-state index in [4.69, 9.17) is 0 Å². The van der Waals surface area contributed by atoms with Crippen LogP contribution in [0.25, 0.3) is 0 Å². The summed E-state index contributed by atoms with van der Waals surface area (Å²) in [4.78, 5) is 27.6. The molecule has 0 spiro atoms. The van der Waals surface area contributed by atoms with E-state index >= 15 is 0 Å². The normalized spacial score (nSPS) is 13.5. The van der Waals surface area contributed by atoms with Crippen molar-refractivity contribution in [2.24, 2.45) is 7.05 Å². The molecule has 0 aliphatic rings. The molecule has 1 aromatic heterocycles. The van der Waals surface area contributed by atoms with Crippen molar-refractivity contribution in [1.82, 2.24) is 14.9 Å². The number of carbonyl (C=O) groups is 2. The predicted molar refractivity (Wildman–Crippen MR) is 72.1 cm³/mol. The minimum absolute atomic E-state index is 0.299. The second-order valence-electron chi connectivity index (χ2n) is 4.64. The summed E-state index contributed by atoms with van der Waals surface area (Å²) in [6, 6.07) is 8.57. The monoisotopic (exact) mass is 273 g/mol. The lowest BCUT2D eigenvalue weighted by molar-refractivity contribution is -0.144. The maximum atomic E-state index is 12.2. The predicted octanol–water partition coefficient (Wildman–Crippen LogP) is 1.15. The summed E-state index contributed by atoms with van der Waals surface area (Å²) in [5.41, 5.74) is -0.695. The molecular formula is C14H15N3O3. The Morgan fingerprint density at radius 1 is 1.30 bits per heavy atom. The molecule has 20 heavy (non-hydrogen) atoms. The number of rotatable bonds is 4. The van der Waals surface area contributed by atoms with Gasteiger partial charge in [0.2, 0.25) is 0 Å². The van der Waals surface area contributed by atoms with Gasteiger partial charge in [-0.3, -0.25) is 4.79 Å². The van der Waals surface area contributed by atoms with Crippen molar-refractivity contribution in [3.05, 3.63) is 54.1 Å². The van der Waals surface area contributed by atoms with E-state index in [0.717, 1.165) is 0 Å². The van der Waals surface area contributed by atoms with E-state index in [0.29, 0.717) is 11.3 Å². The van der Waals surface area contributed by atoms with Gasteiger partial charge in [-0.15, -0.1) is 0 Å². The molecule has 6 heteroatoms. The molecule has 2 rings (SSSR count). The molecule has 0 aliphatic heterocycles. The van der Waals surface area contributed by atoms with Gasteiger partial charge in [0.05, 0.1) is 12.5 Å². The molecule has 1 heterocycles. The fourth-order valence-corrected chi connectivity index (χ4v) is 1.89. The zero-order valence-electron chi connectivity index (χ0n) is 11.2. The van der Waals surface area contributed by atoms with Gasteiger partial charge in [0.1, 0.15) is 5.69 Å². The molecule has 2 N–H and O–H groups in total. The van der Waals surface area contributed by atoms with Crippen molar-refractivity contribution < 1.29 is 14.7 Å². The van der Waals surface area contributed by atoms with Crippen molar-refractivity contribution in [2.45, 2.75) is 12.5 Å². The average Bonchev–Trinajstić information content (AvgIpc) is 2.85. The first-order valence-corrected chi connectivity index (χ1v) is 6.03. The average molecular weight is 273 g/mol. The number of nitrogens with one attached hydrogen (secondary N) is 1. The molecule has 1 unspecified atom stereocenters. The van der Waals surface area contributed by atoms with Crippen LogP contribution in [0.3, 0.4) is 0 Å². The van der Waals surface area contributed by atoms with Crippen LogP contribution >= 0.6 is 0 Å². The molecule has 0 saturated carbocycles. The fourth-order valence-electron chi connectivity index (χ4n) is 1.89. The number of imidazole rings is 1. The van der Waals surface area contributed by atoms with Gasteiger partial charge in [-0.2, -0.15) is 0 Å². The maximum absolute atomic E-state index is 12.2. The lowest BCUT2D eigenvalue weighted by Gasteiger charge is -2.26. The first-order valence-electron chi connectivity index (χ1n) is 6.03. The standard InChI is InChI=1S/C14H15N3O3/c1-14(13(19)20,10-6-4-3-5-7-10)16-12(18)11-8-15-9-17(11)2/h3-9H,1-2H3,(H,16,18)(H,19,20). The molecule has 0 bridgehead atoms. The van der Waals surface area contributed by atoms with Gasteiger partial charge in [-0.05, 0) is 12.5 Å². The van der Waals surface area contributed by atoms with Gasteiger partial charge in [0.25, 0.3) is 5.91 Å². The van der Waals surface area contributed by atoms with E-state index in [1.807, 2.05) is 0 Å². The number of benzene rings is 1. The summed E-state index contributed by atoms with van der Waals surface area (Å²) in [5.74, 6) is -1.61. The van der Waals surface area contributed by atoms with Crippen LogP contribution in [0.15, 0.2) is 42.9 Å². The summed E-state index contributed by atoms with van der Waals surface area (Å²) in [5, 5.41) is 12.0. The molecule has 1 amide bonds. The summed E-state index contributed by atoms with van der Waals surface area (Å²) < 4.78 is 1.53. The summed E-state index contributed by atoms with van der Waals surface area (Å²) >= 11 is 0. The smallest absolute Gasteiger partial charge is 0.333 e. The molecule has 0 saturated heterocycles. The largest absolute Gasteiger partial charge is 0.479 e. The van der Waals surface area contributed by atoms with Crippen LogP contribution in [0.4, 0.5) is 0 Å². The number of carboxylic acid groups (broad SMARTS) is 1. The molecule has 6 nitrogen and oxygen atoms in total. The number of amides is 1. The van der Waals surface area contributed by atoms with Gasteiger partial charge in [-0.25, -0.2) is 9.78 Å². The molecule has 0 fully saturated rings. The maximum Gasteiger partial charge on any atom is 0.333 e. The molecule has 1 aromatic carbocycles. The molecular weight excluding hydrogens is 258 g/mol. The van der Waals surface area contributed by atoms with Crippen molar-refractivity contribution >= 4 is 11.9 Å². The number of hydrogen-bond donors (Lipinski definition) is 2. The van der Waals surface area contributed by atoms with Crippen molar-refractivity contribution in [1.29, 1.82) is 0 Å². The topological polar surface area (TPSA) is 84.2 Å². The van der Waals surface area contributed by atoms with Crippen LogP contribution in [-0.2, 0) is 17.4 Å². The number of carbonyl (C=O) groups excluding carboxylic acids is 1. The minimum Gasteiger partial charge on any atom is -0.479 e. The van der Waals surface area contributed by atoms with Crippen molar-refractivity contribution in [3.8, 4) is 0 Å². The molecule has 0 radical (unpaired) electrons. The summed E-state index contributed by atoms with van der Waals surface area (Å²) in [6.45, 7) is 1.46. The van der Waals surface area contributed by atoms with Gasteiger partial charge in [0, 0.05) is 7.05 Å². The van der Waals surface area contributed by atoms with Gasteiger partial charge < -0.3 is 15.0 Å². The highest BCUT2D eigenvalue weighted by atomic mass is 16.4. The minimum atomic E-state index is -1.50. The molecule has 1 atom stereocenters. The third-order valence-corrected chi connectivity index (χ3v) is 3.19. The first kappa shape index (κ1) is 13.8. The third kappa shape index (κ3) is 2.40. The number of nitrogens with zero attached hydrogens (tertiary/aromatic N) is 2. The van der Waals surface area contributed by atoms with Crippen LogP contribution in [0.2, 0.25) is 0 Å². The zero-order chi connectivity index (χ0) is 14.8. The zero-order valence-corrected chi connectivity index (χ0v) is 11.2. The SMILES string of the molecule is Cn1cncc1C(=O)NC(C)(C(=O)O)c1ccccc1. The number of hydrogen-bond acceptors (Lipinski definition) is 3. The molecule has 0 aliphatic carbocycles. The highest BCUT2D eigenvalue weighted by molar-refractivity contribution is 5.96. The lowest BCUT2D eigenvalue weighted by atomic mass is 9.92. The molecule has 104 valence electrons. The summed E-state index contributed by atoms with van der Waals surface area (Å²) in [6.07, 6.45) is 2.87.